The van der Waals surface area contributed by atoms with Gasteiger partial charge in [0.25, 0.3) is 0 Å². The predicted molar refractivity (Wildman–Crippen MR) is 103 cm³/mol. The molecular formula is C21H33N3O. The first-order valence-electron chi connectivity index (χ1n) is 10.0. The van der Waals surface area contributed by atoms with E-state index < -0.39 is 0 Å². The minimum atomic E-state index is 0.122. The third-order valence-electron chi connectivity index (χ3n) is 5.79. The Kier molecular flexibility index (Phi) is 6.74. The molecule has 0 spiro atoms. The summed E-state index contributed by atoms with van der Waals surface area (Å²) >= 11 is 0. The van der Waals surface area contributed by atoms with Crippen LogP contribution in [0.5, 0.6) is 0 Å². The molecule has 1 saturated carbocycles. The fourth-order valence-corrected chi connectivity index (χ4v) is 4.20. The van der Waals surface area contributed by atoms with Crippen molar-refractivity contribution in [1.29, 1.82) is 0 Å². The summed E-state index contributed by atoms with van der Waals surface area (Å²) in [6.07, 6.45) is 9.90. The van der Waals surface area contributed by atoms with E-state index in [0.717, 1.165) is 38.9 Å². The zero-order chi connectivity index (χ0) is 17.5. The Bertz CT molecular complexity index is 525. The molecule has 2 amide bonds. The summed E-state index contributed by atoms with van der Waals surface area (Å²) in [5.74, 6) is 0. The molecule has 0 bridgehead atoms. The SMILES string of the molecule is CN(C(=O)NC1CCN(Cc2ccccc2)C1)C1CCCCCCC1. The lowest BCUT2D eigenvalue weighted by Gasteiger charge is -2.31. The van der Waals surface area contributed by atoms with E-state index in [1.807, 2.05) is 11.9 Å². The van der Waals surface area contributed by atoms with E-state index in [2.05, 4.69) is 40.5 Å². The van der Waals surface area contributed by atoms with Gasteiger partial charge in [0.05, 0.1) is 0 Å². The van der Waals surface area contributed by atoms with Gasteiger partial charge in [0, 0.05) is 38.8 Å². The van der Waals surface area contributed by atoms with Crippen LogP contribution < -0.4 is 5.32 Å². The number of likely N-dealkylation sites (tertiary alicyclic amines) is 1. The monoisotopic (exact) mass is 343 g/mol. The number of hydrogen-bond donors (Lipinski definition) is 1. The molecule has 1 atom stereocenters. The van der Waals surface area contributed by atoms with Crippen LogP contribution in [0.25, 0.3) is 0 Å². The highest BCUT2D eigenvalue weighted by Crippen LogP contribution is 2.21. The number of benzene rings is 1. The highest BCUT2D eigenvalue weighted by Gasteiger charge is 2.27. The number of carbonyl (C=O) groups is 1. The lowest BCUT2D eigenvalue weighted by molar-refractivity contribution is 0.174. The van der Waals surface area contributed by atoms with E-state index in [9.17, 15) is 4.79 Å². The normalized spacial score (nSPS) is 23.0. The van der Waals surface area contributed by atoms with Crippen LogP contribution in [-0.4, -0.2) is 48.1 Å². The molecule has 25 heavy (non-hydrogen) atoms. The van der Waals surface area contributed by atoms with Crippen molar-refractivity contribution in [2.45, 2.75) is 70.0 Å². The maximum absolute atomic E-state index is 12.7. The number of carbonyl (C=O) groups excluding carboxylic acids is 1. The van der Waals surface area contributed by atoms with Crippen LogP contribution in [0.15, 0.2) is 30.3 Å². The lowest BCUT2D eigenvalue weighted by atomic mass is 9.96. The quantitative estimate of drug-likeness (QED) is 0.896. The molecule has 1 aliphatic heterocycles. The van der Waals surface area contributed by atoms with Gasteiger partial charge in [-0.15, -0.1) is 0 Å². The Morgan fingerprint density at radius 2 is 1.76 bits per heavy atom. The zero-order valence-corrected chi connectivity index (χ0v) is 15.6. The minimum Gasteiger partial charge on any atom is -0.334 e. The van der Waals surface area contributed by atoms with Gasteiger partial charge in [-0.3, -0.25) is 4.90 Å². The van der Waals surface area contributed by atoms with Crippen molar-refractivity contribution in [3.05, 3.63) is 35.9 Å². The largest absolute Gasteiger partial charge is 0.334 e. The van der Waals surface area contributed by atoms with Crippen molar-refractivity contribution >= 4 is 6.03 Å². The van der Waals surface area contributed by atoms with E-state index >= 15 is 0 Å². The van der Waals surface area contributed by atoms with E-state index in [-0.39, 0.29) is 12.1 Å². The zero-order valence-electron chi connectivity index (χ0n) is 15.6. The van der Waals surface area contributed by atoms with E-state index in [4.69, 9.17) is 0 Å². The Labute approximate surface area is 152 Å². The van der Waals surface area contributed by atoms with Crippen LogP contribution in [0.2, 0.25) is 0 Å². The van der Waals surface area contributed by atoms with Crippen LogP contribution in [0.1, 0.15) is 56.9 Å². The summed E-state index contributed by atoms with van der Waals surface area (Å²) in [6.45, 7) is 3.00. The number of nitrogens with zero attached hydrogens (tertiary/aromatic N) is 2. The first-order chi connectivity index (χ1) is 12.2. The molecule has 1 aromatic rings. The topological polar surface area (TPSA) is 35.6 Å². The van der Waals surface area contributed by atoms with E-state index in [1.54, 1.807) is 0 Å². The molecule has 0 aromatic heterocycles. The summed E-state index contributed by atoms with van der Waals surface area (Å²) in [5.41, 5.74) is 1.35. The molecule has 0 radical (unpaired) electrons. The van der Waals surface area contributed by atoms with Crippen LogP contribution in [-0.2, 0) is 6.54 Å². The van der Waals surface area contributed by atoms with Crippen molar-refractivity contribution in [2.75, 3.05) is 20.1 Å². The minimum absolute atomic E-state index is 0.122. The van der Waals surface area contributed by atoms with Gasteiger partial charge in [0.2, 0.25) is 0 Å². The fourth-order valence-electron chi connectivity index (χ4n) is 4.20. The van der Waals surface area contributed by atoms with Crippen molar-refractivity contribution in [1.82, 2.24) is 15.1 Å². The van der Waals surface area contributed by atoms with Gasteiger partial charge in [-0.1, -0.05) is 62.4 Å². The summed E-state index contributed by atoms with van der Waals surface area (Å²) in [5, 5.41) is 3.27. The maximum atomic E-state index is 12.7. The third-order valence-corrected chi connectivity index (χ3v) is 5.79. The van der Waals surface area contributed by atoms with E-state index in [0.29, 0.717) is 6.04 Å². The van der Waals surface area contributed by atoms with Crippen LogP contribution >= 0.6 is 0 Å². The number of urea groups is 1. The Balaban J connectivity index is 1.44. The molecule has 138 valence electrons. The molecule has 1 aromatic carbocycles. The van der Waals surface area contributed by atoms with Crippen molar-refractivity contribution < 1.29 is 4.79 Å². The van der Waals surface area contributed by atoms with Gasteiger partial charge in [-0.25, -0.2) is 4.79 Å². The smallest absolute Gasteiger partial charge is 0.317 e. The second-order valence-corrected chi connectivity index (χ2v) is 7.77. The summed E-state index contributed by atoms with van der Waals surface area (Å²) in [7, 11) is 1.98. The first-order valence-corrected chi connectivity index (χ1v) is 10.0. The lowest BCUT2D eigenvalue weighted by Crippen LogP contribution is -2.48. The molecule has 2 fully saturated rings. The highest BCUT2D eigenvalue weighted by atomic mass is 16.2. The number of hydrogen-bond acceptors (Lipinski definition) is 2. The van der Waals surface area contributed by atoms with Crippen LogP contribution in [0, 0.1) is 0 Å². The van der Waals surface area contributed by atoms with Gasteiger partial charge in [0.15, 0.2) is 0 Å². The standard InChI is InChI=1S/C21H33N3O/c1-23(20-12-8-3-2-4-9-13-20)21(25)22-19-14-15-24(17-19)16-18-10-6-5-7-11-18/h5-7,10-11,19-20H,2-4,8-9,12-17H2,1H3,(H,22,25). The number of rotatable bonds is 4. The van der Waals surface area contributed by atoms with Gasteiger partial charge in [-0.2, -0.15) is 0 Å². The van der Waals surface area contributed by atoms with Gasteiger partial charge < -0.3 is 10.2 Å². The fraction of sp³-hybridized carbons (Fsp3) is 0.667. The Morgan fingerprint density at radius 1 is 1.08 bits per heavy atom. The first kappa shape index (κ1) is 18.2. The Hall–Kier alpha value is -1.55. The van der Waals surface area contributed by atoms with Gasteiger partial charge in [0.1, 0.15) is 0 Å². The number of nitrogens with one attached hydrogen (secondary N) is 1. The molecular weight excluding hydrogens is 310 g/mol. The summed E-state index contributed by atoms with van der Waals surface area (Å²) in [6, 6.07) is 11.4. The summed E-state index contributed by atoms with van der Waals surface area (Å²) in [4.78, 5) is 17.1. The van der Waals surface area contributed by atoms with Crippen molar-refractivity contribution in [3.63, 3.8) is 0 Å². The van der Waals surface area contributed by atoms with Gasteiger partial charge >= 0.3 is 6.03 Å². The van der Waals surface area contributed by atoms with Crippen LogP contribution in [0.4, 0.5) is 4.79 Å². The molecule has 2 aliphatic rings. The molecule has 1 unspecified atom stereocenters. The molecule has 1 aliphatic carbocycles. The molecule has 1 heterocycles. The Morgan fingerprint density at radius 3 is 2.48 bits per heavy atom. The van der Waals surface area contributed by atoms with Crippen molar-refractivity contribution in [3.8, 4) is 0 Å². The summed E-state index contributed by atoms with van der Waals surface area (Å²) < 4.78 is 0. The molecule has 4 nitrogen and oxygen atoms in total. The predicted octanol–water partition coefficient (Wildman–Crippen LogP) is 4.02. The maximum Gasteiger partial charge on any atom is 0.317 e. The number of amides is 2. The van der Waals surface area contributed by atoms with Gasteiger partial charge in [-0.05, 0) is 24.8 Å². The molecule has 1 N–H and O–H groups in total. The highest BCUT2D eigenvalue weighted by molar-refractivity contribution is 5.74. The molecule has 4 heteroatoms. The average molecular weight is 344 g/mol. The second kappa shape index (κ2) is 9.23. The molecule has 3 rings (SSSR count). The molecule has 1 saturated heterocycles. The van der Waals surface area contributed by atoms with Crippen molar-refractivity contribution in [2.24, 2.45) is 0 Å². The third kappa shape index (κ3) is 5.46. The average Bonchev–Trinajstić information content (AvgIpc) is 3.02. The van der Waals surface area contributed by atoms with E-state index in [1.165, 1.54) is 37.7 Å². The van der Waals surface area contributed by atoms with Crippen LogP contribution in [0.3, 0.4) is 0 Å². The second-order valence-electron chi connectivity index (χ2n) is 7.77.